The first kappa shape index (κ1) is 12.0. The van der Waals surface area contributed by atoms with E-state index in [0.717, 1.165) is 22.0 Å². The lowest BCUT2D eigenvalue weighted by Crippen LogP contribution is -2.00. The number of nitrogens with zero attached hydrogens (tertiary/aromatic N) is 3. The molecule has 0 aliphatic heterocycles. The smallest absolute Gasteiger partial charge is 0.134 e. The first-order valence-electron chi connectivity index (χ1n) is 5.52. The van der Waals surface area contributed by atoms with Crippen LogP contribution in [0.5, 0.6) is 0 Å². The van der Waals surface area contributed by atoms with Crippen molar-refractivity contribution < 1.29 is 0 Å². The molecule has 2 aromatic rings. The van der Waals surface area contributed by atoms with Crippen molar-refractivity contribution in [3.8, 4) is 0 Å². The Hall–Kier alpha value is -2.43. The Bertz CT molecular complexity index is 639. The van der Waals surface area contributed by atoms with Gasteiger partial charge in [-0.15, -0.1) is 0 Å². The van der Waals surface area contributed by atoms with Gasteiger partial charge in [0.2, 0.25) is 0 Å². The zero-order valence-corrected chi connectivity index (χ0v) is 10.4. The number of nitrogen functional groups attached to an aromatic ring is 1. The van der Waals surface area contributed by atoms with Crippen molar-refractivity contribution in [1.82, 2.24) is 9.97 Å². The summed E-state index contributed by atoms with van der Waals surface area (Å²) in [6.07, 6.45) is 3.19. The molecule has 0 atom stereocenters. The molecule has 1 aromatic heterocycles. The third-order valence-corrected chi connectivity index (χ3v) is 2.66. The fraction of sp³-hybridized carbons (Fsp3) is 0.154. The molecule has 0 aliphatic carbocycles. The highest BCUT2D eigenvalue weighted by Crippen LogP contribution is 2.22. The number of hydrogen-bond acceptors (Lipinski definition) is 5. The summed E-state index contributed by atoms with van der Waals surface area (Å²) in [5.41, 5.74) is 15.1. The molecule has 0 aliphatic rings. The molecular weight excluding hydrogens is 226 g/mol. The summed E-state index contributed by atoms with van der Waals surface area (Å²) < 4.78 is 0. The molecule has 0 saturated heterocycles. The van der Waals surface area contributed by atoms with Crippen molar-refractivity contribution in [2.75, 3.05) is 12.8 Å². The van der Waals surface area contributed by atoms with E-state index >= 15 is 0 Å². The van der Waals surface area contributed by atoms with Crippen LogP contribution < -0.4 is 11.5 Å². The lowest BCUT2D eigenvalue weighted by molar-refractivity contribution is 1.23. The molecule has 5 heteroatoms. The predicted octanol–water partition coefficient (Wildman–Crippen LogP) is 1.60. The second-order valence-corrected chi connectivity index (χ2v) is 3.97. The van der Waals surface area contributed by atoms with Gasteiger partial charge in [0.25, 0.3) is 0 Å². The molecule has 92 valence electrons. The third-order valence-electron chi connectivity index (χ3n) is 2.66. The number of fused-ring (bicyclic) bond motifs is 1. The predicted molar refractivity (Wildman–Crippen MR) is 75.1 cm³/mol. The van der Waals surface area contributed by atoms with Gasteiger partial charge in [-0.2, -0.15) is 0 Å². The first-order valence-corrected chi connectivity index (χ1v) is 5.52. The van der Waals surface area contributed by atoms with Gasteiger partial charge in [-0.05, 0) is 24.6 Å². The zero-order valence-electron chi connectivity index (χ0n) is 10.4. The summed E-state index contributed by atoms with van der Waals surface area (Å²) in [4.78, 5) is 12.2. The second kappa shape index (κ2) is 4.83. The number of anilines is 1. The van der Waals surface area contributed by atoms with Gasteiger partial charge in [0, 0.05) is 29.9 Å². The van der Waals surface area contributed by atoms with Crippen LogP contribution in [0.4, 0.5) is 5.82 Å². The Morgan fingerprint density at radius 1 is 1.33 bits per heavy atom. The summed E-state index contributed by atoms with van der Waals surface area (Å²) in [6.45, 7) is 1.84. The van der Waals surface area contributed by atoms with Gasteiger partial charge in [0.05, 0.1) is 5.52 Å². The van der Waals surface area contributed by atoms with E-state index in [-0.39, 0.29) is 0 Å². The lowest BCUT2D eigenvalue weighted by atomic mass is 10.0. The number of nitrogens with two attached hydrogens (primary N) is 2. The summed E-state index contributed by atoms with van der Waals surface area (Å²) >= 11 is 0. The van der Waals surface area contributed by atoms with Crippen LogP contribution in [-0.2, 0) is 0 Å². The Labute approximate surface area is 105 Å². The van der Waals surface area contributed by atoms with Crippen LogP contribution in [0.15, 0.2) is 35.2 Å². The molecule has 1 heterocycles. The molecule has 0 radical (unpaired) electrons. The van der Waals surface area contributed by atoms with E-state index in [4.69, 9.17) is 11.5 Å². The van der Waals surface area contributed by atoms with Crippen LogP contribution in [0.1, 0.15) is 12.5 Å². The Kier molecular flexibility index (Phi) is 3.23. The molecule has 1 aromatic carbocycles. The van der Waals surface area contributed by atoms with E-state index in [9.17, 15) is 0 Å². The molecule has 0 fully saturated rings. The van der Waals surface area contributed by atoms with Crippen LogP contribution in [0, 0.1) is 0 Å². The molecular formula is C13H15N5. The lowest BCUT2D eigenvalue weighted by Gasteiger charge is -2.07. The molecule has 0 amide bonds. The normalized spacial score (nSPS) is 13.0. The van der Waals surface area contributed by atoms with Gasteiger partial charge in [-0.25, -0.2) is 9.97 Å². The van der Waals surface area contributed by atoms with Crippen molar-refractivity contribution in [1.29, 1.82) is 0 Å². The number of aromatic nitrogens is 2. The minimum atomic E-state index is 0.462. The summed E-state index contributed by atoms with van der Waals surface area (Å²) in [7, 11) is 1.71. The fourth-order valence-electron chi connectivity index (χ4n) is 1.78. The van der Waals surface area contributed by atoms with E-state index in [0.29, 0.717) is 11.5 Å². The molecule has 0 spiro atoms. The molecule has 0 saturated carbocycles. The van der Waals surface area contributed by atoms with Crippen molar-refractivity contribution in [3.63, 3.8) is 0 Å². The number of benzene rings is 1. The topological polar surface area (TPSA) is 90.2 Å². The molecule has 5 nitrogen and oxygen atoms in total. The molecule has 18 heavy (non-hydrogen) atoms. The van der Waals surface area contributed by atoms with E-state index in [1.807, 2.05) is 25.1 Å². The van der Waals surface area contributed by atoms with Gasteiger partial charge in [0.1, 0.15) is 12.1 Å². The maximum atomic E-state index is 5.86. The number of hydrogen-bond donors (Lipinski definition) is 2. The van der Waals surface area contributed by atoms with Crippen molar-refractivity contribution >= 4 is 28.5 Å². The Balaban J connectivity index is 2.66. The SMILES string of the molecule is CN=CC(=C(C)N)c1ccc2ncnc(N)c2c1. The summed E-state index contributed by atoms with van der Waals surface area (Å²) in [6, 6.07) is 5.77. The van der Waals surface area contributed by atoms with E-state index < -0.39 is 0 Å². The Morgan fingerprint density at radius 2 is 2.11 bits per heavy atom. The average Bonchev–Trinajstić information content (AvgIpc) is 2.36. The molecule has 0 unspecified atom stereocenters. The van der Waals surface area contributed by atoms with Gasteiger partial charge >= 0.3 is 0 Å². The van der Waals surface area contributed by atoms with Gasteiger partial charge < -0.3 is 11.5 Å². The van der Waals surface area contributed by atoms with Crippen LogP contribution in [0.25, 0.3) is 16.5 Å². The van der Waals surface area contributed by atoms with E-state index in [1.54, 1.807) is 13.3 Å². The van der Waals surface area contributed by atoms with Crippen LogP contribution in [0.3, 0.4) is 0 Å². The maximum absolute atomic E-state index is 5.86. The van der Waals surface area contributed by atoms with Gasteiger partial charge in [-0.1, -0.05) is 6.07 Å². The van der Waals surface area contributed by atoms with E-state index in [2.05, 4.69) is 15.0 Å². The molecule has 0 bridgehead atoms. The highest BCUT2D eigenvalue weighted by molar-refractivity contribution is 6.11. The van der Waals surface area contributed by atoms with Crippen molar-refractivity contribution in [3.05, 3.63) is 35.8 Å². The minimum absolute atomic E-state index is 0.462. The van der Waals surface area contributed by atoms with Crippen LogP contribution in [0.2, 0.25) is 0 Å². The third kappa shape index (κ3) is 2.15. The quantitative estimate of drug-likeness (QED) is 0.781. The van der Waals surface area contributed by atoms with Crippen molar-refractivity contribution in [2.24, 2.45) is 10.7 Å². The van der Waals surface area contributed by atoms with Crippen molar-refractivity contribution in [2.45, 2.75) is 6.92 Å². The van der Waals surface area contributed by atoms with Crippen LogP contribution >= 0.6 is 0 Å². The highest BCUT2D eigenvalue weighted by Gasteiger charge is 2.06. The fourth-order valence-corrected chi connectivity index (χ4v) is 1.78. The molecule has 4 N–H and O–H groups in total. The number of rotatable bonds is 2. The summed E-state index contributed by atoms with van der Waals surface area (Å²) in [5.74, 6) is 0.462. The second-order valence-electron chi connectivity index (χ2n) is 3.97. The number of allylic oxidation sites excluding steroid dienone is 2. The zero-order chi connectivity index (χ0) is 13.1. The standard InChI is InChI=1S/C13H15N5/c1-8(14)11(6-16-2)9-3-4-12-10(5-9)13(15)18-7-17-12/h3-7H,14H2,1-2H3,(H2,15,17,18). The monoisotopic (exact) mass is 241 g/mol. The van der Waals surface area contributed by atoms with E-state index in [1.165, 1.54) is 6.33 Å². The summed E-state index contributed by atoms with van der Waals surface area (Å²) in [5, 5.41) is 0.818. The Morgan fingerprint density at radius 3 is 2.78 bits per heavy atom. The van der Waals surface area contributed by atoms with Gasteiger partial charge in [0.15, 0.2) is 0 Å². The minimum Gasteiger partial charge on any atom is -0.402 e. The number of aliphatic imine (C=N–C) groups is 1. The average molecular weight is 241 g/mol. The highest BCUT2D eigenvalue weighted by atomic mass is 14.9. The maximum Gasteiger partial charge on any atom is 0.134 e. The van der Waals surface area contributed by atoms with Crippen LogP contribution in [-0.4, -0.2) is 23.2 Å². The first-order chi connectivity index (χ1) is 8.63. The van der Waals surface area contributed by atoms with Gasteiger partial charge in [-0.3, -0.25) is 4.99 Å². The largest absolute Gasteiger partial charge is 0.402 e. The molecule has 2 rings (SSSR count).